The van der Waals surface area contributed by atoms with Crippen molar-refractivity contribution in [1.82, 2.24) is 15.7 Å². The maximum Gasteiger partial charge on any atom is 0.243 e. The molecule has 3 atom stereocenters. The van der Waals surface area contributed by atoms with Gasteiger partial charge in [0.05, 0.1) is 18.8 Å². The molecule has 9 heteroatoms. The number of hydrogen-bond acceptors (Lipinski definition) is 7. The number of piperidine rings is 1. The second-order valence-electron chi connectivity index (χ2n) is 10.5. The third-order valence-corrected chi connectivity index (χ3v) is 7.45. The van der Waals surface area contributed by atoms with Crippen molar-refractivity contribution in [3.05, 3.63) is 70.8 Å². The van der Waals surface area contributed by atoms with Gasteiger partial charge in [0.2, 0.25) is 11.8 Å². The van der Waals surface area contributed by atoms with E-state index in [0.717, 1.165) is 48.3 Å². The highest BCUT2D eigenvalue weighted by Crippen LogP contribution is 2.38. The number of aliphatic hydroxyl groups is 1. The van der Waals surface area contributed by atoms with Crippen LogP contribution in [0.15, 0.2) is 48.5 Å². The van der Waals surface area contributed by atoms with Crippen molar-refractivity contribution in [2.24, 2.45) is 0 Å². The van der Waals surface area contributed by atoms with Gasteiger partial charge >= 0.3 is 0 Å². The molecule has 2 saturated heterocycles. The number of nitrogens with one attached hydrogen (secondary N) is 2. The molecule has 2 aliphatic heterocycles. The maximum absolute atomic E-state index is 12.1. The minimum absolute atomic E-state index is 0.0191. The van der Waals surface area contributed by atoms with Gasteiger partial charge in [0, 0.05) is 37.9 Å². The van der Waals surface area contributed by atoms with Gasteiger partial charge in [0.1, 0.15) is 0 Å². The van der Waals surface area contributed by atoms with E-state index in [1.165, 1.54) is 19.3 Å². The minimum atomic E-state index is -0.490. The Kier molecular flexibility index (Phi) is 11.3. The standard InChI is InChI=1S/C30H41N3O6/c34-21-23-10-12-24(13-11-23)27-18-26(20-33-16-4-1-5-17-33)38-30(39-27)25-14-8-22(9-15-25)19-31-28(35)6-2-3-7-29(36)32-37/h8-15,26-27,30,34,37H,1-7,16-21H2,(H,31,35)(H,32,36). The summed E-state index contributed by atoms with van der Waals surface area (Å²) in [6.45, 7) is 3.55. The number of unbranched alkanes of at least 4 members (excludes halogenated alkanes) is 1. The second kappa shape index (κ2) is 15.1. The third-order valence-electron chi connectivity index (χ3n) is 7.45. The first-order valence-electron chi connectivity index (χ1n) is 14.1. The van der Waals surface area contributed by atoms with Crippen molar-refractivity contribution in [2.75, 3.05) is 19.6 Å². The number of amides is 2. The molecule has 4 rings (SSSR count). The molecule has 2 heterocycles. The lowest BCUT2D eigenvalue weighted by molar-refractivity contribution is -0.253. The molecule has 3 unspecified atom stereocenters. The van der Waals surface area contributed by atoms with Crippen molar-refractivity contribution in [3.63, 3.8) is 0 Å². The number of nitrogens with zero attached hydrogens (tertiary/aromatic N) is 1. The summed E-state index contributed by atoms with van der Waals surface area (Å²) in [5.74, 6) is -0.511. The van der Waals surface area contributed by atoms with Crippen LogP contribution in [-0.2, 0) is 32.2 Å². The van der Waals surface area contributed by atoms with Gasteiger partial charge in [-0.25, -0.2) is 5.48 Å². The summed E-state index contributed by atoms with van der Waals surface area (Å²) in [4.78, 5) is 25.7. The molecule has 0 spiro atoms. The van der Waals surface area contributed by atoms with Crippen LogP contribution in [0.5, 0.6) is 0 Å². The zero-order chi connectivity index (χ0) is 27.5. The molecule has 2 aliphatic rings. The topological polar surface area (TPSA) is 120 Å². The molecule has 2 fully saturated rings. The van der Waals surface area contributed by atoms with Crippen LogP contribution in [0.25, 0.3) is 0 Å². The molecule has 39 heavy (non-hydrogen) atoms. The maximum atomic E-state index is 12.1. The molecule has 0 bridgehead atoms. The molecule has 9 nitrogen and oxygen atoms in total. The molecule has 212 valence electrons. The van der Waals surface area contributed by atoms with E-state index in [1.807, 2.05) is 48.5 Å². The Hall–Kier alpha value is -2.82. The molecule has 2 aromatic rings. The molecule has 2 aromatic carbocycles. The lowest BCUT2D eigenvalue weighted by Crippen LogP contribution is -2.41. The van der Waals surface area contributed by atoms with Gasteiger partial charge in [-0.3, -0.25) is 14.8 Å². The Morgan fingerprint density at radius 2 is 1.49 bits per heavy atom. The molecule has 4 N–H and O–H groups in total. The Morgan fingerprint density at radius 3 is 2.15 bits per heavy atom. The first kappa shape index (κ1) is 29.2. The quantitative estimate of drug-likeness (QED) is 0.183. The van der Waals surface area contributed by atoms with Gasteiger partial charge in [0.25, 0.3) is 0 Å². The lowest BCUT2D eigenvalue weighted by atomic mass is 9.99. The van der Waals surface area contributed by atoms with Crippen molar-refractivity contribution in [1.29, 1.82) is 0 Å². The number of ether oxygens (including phenoxy) is 2. The van der Waals surface area contributed by atoms with Crippen molar-refractivity contribution in [2.45, 2.75) is 83.0 Å². The van der Waals surface area contributed by atoms with Crippen LogP contribution >= 0.6 is 0 Å². The Labute approximate surface area is 230 Å². The fraction of sp³-hybridized carbons (Fsp3) is 0.533. The van der Waals surface area contributed by atoms with Gasteiger partial charge in [-0.05, 0) is 55.5 Å². The van der Waals surface area contributed by atoms with Gasteiger partial charge in [0.15, 0.2) is 6.29 Å². The van der Waals surface area contributed by atoms with E-state index in [1.54, 1.807) is 5.48 Å². The predicted octanol–water partition coefficient (Wildman–Crippen LogP) is 3.89. The normalized spacial score (nSPS) is 21.8. The van der Waals surface area contributed by atoms with E-state index in [0.29, 0.717) is 25.8 Å². The number of benzene rings is 2. The average molecular weight is 540 g/mol. The van der Waals surface area contributed by atoms with E-state index in [-0.39, 0.29) is 31.1 Å². The fourth-order valence-corrected chi connectivity index (χ4v) is 5.17. The molecule has 0 aliphatic carbocycles. The number of hydrogen-bond donors (Lipinski definition) is 4. The number of aliphatic hydroxyl groups excluding tert-OH is 1. The zero-order valence-electron chi connectivity index (χ0n) is 22.5. The highest BCUT2D eigenvalue weighted by Gasteiger charge is 2.33. The largest absolute Gasteiger partial charge is 0.392 e. The second-order valence-corrected chi connectivity index (χ2v) is 10.5. The van der Waals surface area contributed by atoms with Gasteiger partial charge in [-0.15, -0.1) is 0 Å². The Bertz CT molecular complexity index is 1040. The molecule has 2 amide bonds. The Balaban J connectivity index is 1.34. The van der Waals surface area contributed by atoms with Gasteiger partial charge < -0.3 is 24.8 Å². The average Bonchev–Trinajstić information content (AvgIpc) is 2.98. The van der Waals surface area contributed by atoms with Crippen molar-refractivity contribution >= 4 is 11.8 Å². The first-order valence-corrected chi connectivity index (χ1v) is 14.1. The number of carbonyl (C=O) groups excluding carboxylic acids is 2. The molecule has 0 saturated carbocycles. The molecule has 0 radical (unpaired) electrons. The third kappa shape index (κ3) is 9.12. The van der Waals surface area contributed by atoms with E-state index in [9.17, 15) is 14.7 Å². The van der Waals surface area contributed by atoms with E-state index in [2.05, 4.69) is 10.2 Å². The number of hydroxylamine groups is 1. The summed E-state index contributed by atoms with van der Waals surface area (Å²) in [6, 6.07) is 15.9. The Morgan fingerprint density at radius 1 is 0.846 bits per heavy atom. The highest BCUT2D eigenvalue weighted by molar-refractivity contribution is 5.76. The van der Waals surface area contributed by atoms with Crippen molar-refractivity contribution in [3.8, 4) is 0 Å². The summed E-state index contributed by atoms with van der Waals surface area (Å²) < 4.78 is 12.9. The van der Waals surface area contributed by atoms with Gasteiger partial charge in [-0.1, -0.05) is 55.0 Å². The SMILES string of the molecule is O=C(CCCCC(=O)NCc1ccc(C2OC(CN3CCCCC3)CC(c3ccc(CO)cc3)O2)cc1)NO. The van der Waals surface area contributed by atoms with Crippen LogP contribution in [0.2, 0.25) is 0 Å². The molecular formula is C30H41N3O6. The lowest BCUT2D eigenvalue weighted by Gasteiger charge is -2.39. The monoisotopic (exact) mass is 539 g/mol. The highest BCUT2D eigenvalue weighted by atomic mass is 16.7. The zero-order valence-corrected chi connectivity index (χ0v) is 22.5. The summed E-state index contributed by atoms with van der Waals surface area (Å²) in [6.07, 6.45) is 5.65. The molecular weight excluding hydrogens is 498 g/mol. The number of likely N-dealkylation sites (tertiary alicyclic amines) is 1. The van der Waals surface area contributed by atoms with Crippen LogP contribution in [0.4, 0.5) is 0 Å². The van der Waals surface area contributed by atoms with Crippen molar-refractivity contribution < 1.29 is 29.4 Å². The summed E-state index contributed by atoms with van der Waals surface area (Å²) >= 11 is 0. The van der Waals surface area contributed by atoms with Crippen LogP contribution in [0.1, 0.15) is 86.0 Å². The van der Waals surface area contributed by atoms with Crippen LogP contribution in [-0.4, -0.2) is 52.8 Å². The summed E-state index contributed by atoms with van der Waals surface area (Å²) in [5.41, 5.74) is 5.47. The van der Waals surface area contributed by atoms with Crippen LogP contribution in [0, 0.1) is 0 Å². The van der Waals surface area contributed by atoms with Crippen LogP contribution < -0.4 is 10.8 Å². The van der Waals surface area contributed by atoms with E-state index < -0.39 is 12.2 Å². The van der Waals surface area contributed by atoms with Gasteiger partial charge in [-0.2, -0.15) is 0 Å². The number of carbonyl (C=O) groups is 2. The van der Waals surface area contributed by atoms with E-state index >= 15 is 0 Å². The molecule has 0 aromatic heterocycles. The fourth-order valence-electron chi connectivity index (χ4n) is 5.17. The smallest absolute Gasteiger partial charge is 0.243 e. The first-order chi connectivity index (χ1) is 19.0. The van der Waals surface area contributed by atoms with Crippen LogP contribution in [0.3, 0.4) is 0 Å². The predicted molar refractivity (Wildman–Crippen MR) is 145 cm³/mol. The summed E-state index contributed by atoms with van der Waals surface area (Å²) in [5, 5.41) is 20.8. The van der Waals surface area contributed by atoms with E-state index in [4.69, 9.17) is 14.7 Å². The summed E-state index contributed by atoms with van der Waals surface area (Å²) in [7, 11) is 0. The minimum Gasteiger partial charge on any atom is -0.392 e. The number of rotatable bonds is 12.